The fourth-order valence-corrected chi connectivity index (χ4v) is 5.27. The van der Waals surface area contributed by atoms with Crippen LogP contribution in [0.3, 0.4) is 0 Å². The van der Waals surface area contributed by atoms with Crippen LogP contribution in [0.4, 0.5) is 5.13 Å². The number of rotatable bonds is 4. The minimum absolute atomic E-state index is 0.108. The van der Waals surface area contributed by atoms with Crippen LogP contribution >= 0.6 is 11.3 Å². The van der Waals surface area contributed by atoms with E-state index >= 15 is 0 Å². The van der Waals surface area contributed by atoms with Gasteiger partial charge in [0.05, 0.1) is 6.20 Å². The third-order valence-corrected chi connectivity index (χ3v) is 6.46. The topological polar surface area (TPSA) is 69.7 Å². The van der Waals surface area contributed by atoms with E-state index < -0.39 is 0 Å². The monoisotopic (exact) mass is 396 g/mol. The predicted molar refractivity (Wildman–Crippen MR) is 116 cm³/mol. The van der Waals surface area contributed by atoms with E-state index in [1.54, 1.807) is 11.3 Å². The van der Waals surface area contributed by atoms with Crippen LogP contribution in [0.2, 0.25) is 0 Å². The largest absolute Gasteiger partial charge is 0.347 e. The average Bonchev–Trinajstić information content (AvgIpc) is 3.30. The summed E-state index contributed by atoms with van der Waals surface area (Å²) in [6.07, 6.45) is 5.90. The number of aromatic nitrogens is 4. The molecule has 28 heavy (non-hydrogen) atoms. The van der Waals surface area contributed by atoms with Crippen molar-refractivity contribution >= 4 is 16.5 Å². The molecule has 0 radical (unpaired) electrons. The van der Waals surface area contributed by atoms with Gasteiger partial charge in [-0.25, -0.2) is 0 Å². The van der Waals surface area contributed by atoms with Gasteiger partial charge in [-0.3, -0.25) is 5.10 Å². The van der Waals surface area contributed by atoms with Crippen LogP contribution < -0.4 is 10.2 Å². The standard InChI is InChI=1S/C21H28N6S/c1-20(2)10-17(11-21(3,4)26-20)27(5)19-25-24-18(28-19)15-8-6-14(7-9-15)16-12-22-23-13-16/h6-9,12-13,17,26H,10-11H2,1-5H3,(H,22,23). The van der Waals surface area contributed by atoms with Crippen LogP contribution in [0.1, 0.15) is 40.5 Å². The first-order chi connectivity index (χ1) is 13.2. The van der Waals surface area contributed by atoms with Crippen molar-refractivity contribution in [2.24, 2.45) is 0 Å². The van der Waals surface area contributed by atoms with Crippen molar-refractivity contribution < 1.29 is 0 Å². The van der Waals surface area contributed by atoms with Gasteiger partial charge in [-0.1, -0.05) is 35.6 Å². The third-order valence-electron chi connectivity index (χ3n) is 5.40. The van der Waals surface area contributed by atoms with Gasteiger partial charge in [0.1, 0.15) is 5.01 Å². The van der Waals surface area contributed by atoms with Crippen LogP contribution in [-0.4, -0.2) is 44.6 Å². The SMILES string of the molecule is CN(c1nnc(-c2ccc(-c3cn[nH]c3)cc2)s1)C1CC(C)(C)NC(C)(C)C1. The summed E-state index contributed by atoms with van der Waals surface area (Å²) < 4.78 is 0. The smallest absolute Gasteiger partial charge is 0.208 e. The summed E-state index contributed by atoms with van der Waals surface area (Å²) in [4.78, 5) is 2.31. The molecule has 3 heterocycles. The van der Waals surface area contributed by atoms with E-state index in [9.17, 15) is 0 Å². The van der Waals surface area contributed by atoms with Crippen LogP contribution in [0.25, 0.3) is 21.7 Å². The molecule has 1 aromatic carbocycles. The molecule has 0 spiro atoms. The molecule has 7 heteroatoms. The second-order valence-corrected chi connectivity index (χ2v) is 9.98. The summed E-state index contributed by atoms with van der Waals surface area (Å²) in [5.74, 6) is 0. The van der Waals surface area contributed by atoms with Gasteiger partial charge in [-0.15, -0.1) is 10.2 Å². The highest BCUT2D eigenvalue weighted by molar-refractivity contribution is 7.18. The fourth-order valence-electron chi connectivity index (χ4n) is 4.39. The summed E-state index contributed by atoms with van der Waals surface area (Å²) in [6.45, 7) is 9.12. The Morgan fingerprint density at radius 3 is 2.21 bits per heavy atom. The molecule has 1 aliphatic heterocycles. The lowest BCUT2D eigenvalue weighted by Gasteiger charge is -2.48. The summed E-state index contributed by atoms with van der Waals surface area (Å²) in [7, 11) is 2.15. The number of nitrogens with zero attached hydrogens (tertiary/aromatic N) is 4. The molecule has 0 aliphatic carbocycles. The van der Waals surface area contributed by atoms with E-state index in [0.717, 1.165) is 39.7 Å². The van der Waals surface area contributed by atoms with Crippen molar-refractivity contribution in [2.75, 3.05) is 11.9 Å². The number of piperidine rings is 1. The Kier molecular flexibility index (Phi) is 4.75. The zero-order valence-electron chi connectivity index (χ0n) is 17.2. The molecule has 6 nitrogen and oxygen atoms in total. The number of H-pyrrole nitrogens is 1. The zero-order valence-corrected chi connectivity index (χ0v) is 18.0. The first kappa shape index (κ1) is 19.1. The molecule has 4 rings (SSSR count). The van der Waals surface area contributed by atoms with Gasteiger partial charge < -0.3 is 10.2 Å². The Morgan fingerprint density at radius 1 is 0.964 bits per heavy atom. The summed E-state index contributed by atoms with van der Waals surface area (Å²) in [6, 6.07) is 8.84. The summed E-state index contributed by atoms with van der Waals surface area (Å²) in [5.41, 5.74) is 3.53. The van der Waals surface area contributed by atoms with Gasteiger partial charge in [-0.05, 0) is 46.1 Å². The zero-order chi connectivity index (χ0) is 19.9. The number of hydrogen-bond donors (Lipinski definition) is 2. The van der Waals surface area contributed by atoms with Gasteiger partial charge in [0.25, 0.3) is 0 Å². The molecule has 3 aromatic rings. The highest BCUT2D eigenvalue weighted by Gasteiger charge is 2.39. The van der Waals surface area contributed by atoms with E-state index in [1.165, 1.54) is 0 Å². The summed E-state index contributed by atoms with van der Waals surface area (Å²) in [5, 5.41) is 21.5. The van der Waals surface area contributed by atoms with E-state index in [4.69, 9.17) is 0 Å². The number of anilines is 1. The maximum atomic E-state index is 4.49. The van der Waals surface area contributed by atoms with Crippen molar-refractivity contribution in [3.05, 3.63) is 36.7 Å². The number of nitrogens with one attached hydrogen (secondary N) is 2. The lowest BCUT2D eigenvalue weighted by atomic mass is 9.79. The van der Waals surface area contributed by atoms with E-state index in [2.05, 4.69) is 89.6 Å². The first-order valence-corrected chi connectivity index (χ1v) is 10.5. The summed E-state index contributed by atoms with van der Waals surface area (Å²) >= 11 is 1.66. The highest BCUT2D eigenvalue weighted by atomic mass is 32.1. The van der Waals surface area contributed by atoms with E-state index in [-0.39, 0.29) is 11.1 Å². The molecule has 2 aromatic heterocycles. The minimum atomic E-state index is 0.108. The maximum absolute atomic E-state index is 4.49. The van der Waals surface area contributed by atoms with E-state index in [1.807, 2.05) is 12.4 Å². The molecule has 0 bridgehead atoms. The fraction of sp³-hybridized carbons (Fsp3) is 0.476. The van der Waals surface area contributed by atoms with Crippen molar-refractivity contribution in [2.45, 2.75) is 57.7 Å². The molecular formula is C21H28N6S. The van der Waals surface area contributed by atoms with Gasteiger partial charge in [0.2, 0.25) is 5.13 Å². The van der Waals surface area contributed by atoms with Crippen molar-refractivity contribution in [1.82, 2.24) is 25.7 Å². The molecular weight excluding hydrogens is 368 g/mol. The molecule has 0 saturated carbocycles. The second kappa shape index (κ2) is 6.97. The van der Waals surface area contributed by atoms with Gasteiger partial charge in [0.15, 0.2) is 0 Å². The molecule has 1 saturated heterocycles. The van der Waals surface area contributed by atoms with Crippen LogP contribution in [0.5, 0.6) is 0 Å². The molecule has 0 unspecified atom stereocenters. The van der Waals surface area contributed by atoms with Crippen molar-refractivity contribution in [1.29, 1.82) is 0 Å². The Labute approximate surface area is 170 Å². The Hall–Kier alpha value is -2.25. The van der Waals surface area contributed by atoms with Gasteiger partial charge in [-0.2, -0.15) is 5.10 Å². The van der Waals surface area contributed by atoms with Crippen LogP contribution in [-0.2, 0) is 0 Å². The molecule has 148 valence electrons. The molecule has 1 fully saturated rings. The number of hydrogen-bond acceptors (Lipinski definition) is 6. The Balaban J connectivity index is 1.52. The van der Waals surface area contributed by atoms with Crippen LogP contribution in [0.15, 0.2) is 36.7 Å². The maximum Gasteiger partial charge on any atom is 0.208 e. The number of aromatic amines is 1. The normalized spacial score (nSPS) is 18.9. The first-order valence-electron chi connectivity index (χ1n) is 9.68. The average molecular weight is 397 g/mol. The van der Waals surface area contributed by atoms with Gasteiger partial charge in [0, 0.05) is 41.5 Å². The minimum Gasteiger partial charge on any atom is -0.347 e. The van der Waals surface area contributed by atoms with Crippen molar-refractivity contribution in [3.8, 4) is 21.7 Å². The predicted octanol–water partition coefficient (Wildman–Crippen LogP) is 4.34. The highest BCUT2D eigenvalue weighted by Crippen LogP contribution is 2.36. The Morgan fingerprint density at radius 2 is 1.61 bits per heavy atom. The lowest BCUT2D eigenvalue weighted by Crippen LogP contribution is -2.61. The lowest BCUT2D eigenvalue weighted by molar-refractivity contribution is 0.161. The third kappa shape index (κ3) is 3.95. The van der Waals surface area contributed by atoms with Gasteiger partial charge >= 0.3 is 0 Å². The van der Waals surface area contributed by atoms with Crippen LogP contribution in [0, 0.1) is 0 Å². The molecule has 0 amide bonds. The quantitative estimate of drug-likeness (QED) is 0.686. The number of benzene rings is 1. The van der Waals surface area contributed by atoms with Crippen molar-refractivity contribution in [3.63, 3.8) is 0 Å². The molecule has 1 aliphatic rings. The molecule has 0 atom stereocenters. The second-order valence-electron chi connectivity index (χ2n) is 9.02. The molecule has 2 N–H and O–H groups in total. The Bertz CT molecular complexity index is 910. The van der Waals surface area contributed by atoms with E-state index in [0.29, 0.717) is 6.04 Å².